The van der Waals surface area contributed by atoms with E-state index >= 15 is 0 Å². The van der Waals surface area contributed by atoms with Crippen LogP contribution in [0.3, 0.4) is 0 Å². The second-order valence-electron chi connectivity index (χ2n) is 8.41. The molecule has 2 N–H and O–H groups in total. The first-order chi connectivity index (χ1) is 16.2. The maximum Gasteiger partial charge on any atom is 0.262 e. The average Bonchev–Trinajstić information content (AvgIpc) is 3.09. The number of nitrogens with one attached hydrogen (secondary N) is 2. The van der Waals surface area contributed by atoms with E-state index in [-0.39, 0.29) is 29.6 Å². The molecule has 1 aliphatic rings. The van der Waals surface area contributed by atoms with Crippen molar-refractivity contribution in [1.29, 1.82) is 0 Å². The van der Waals surface area contributed by atoms with Gasteiger partial charge in [-0.05, 0) is 54.7 Å². The van der Waals surface area contributed by atoms with Crippen LogP contribution in [0.1, 0.15) is 54.7 Å². The number of rotatable bonds is 7. The normalized spacial score (nSPS) is 13.9. The van der Waals surface area contributed by atoms with Crippen molar-refractivity contribution in [2.24, 2.45) is 0 Å². The highest BCUT2D eigenvalue weighted by atomic mass is 32.2. The number of benzene rings is 2. The number of aromatic nitrogens is 2. The number of anilines is 2. The van der Waals surface area contributed by atoms with Crippen LogP contribution in [-0.4, -0.2) is 30.0 Å². The summed E-state index contributed by atoms with van der Waals surface area (Å²) in [7, 11) is -3.88. The molecule has 2 heterocycles. The third kappa shape index (κ3) is 4.61. The predicted octanol–water partition coefficient (Wildman–Crippen LogP) is 4.55. The molecular weight excluding hydrogens is 452 g/mol. The first-order valence-corrected chi connectivity index (χ1v) is 12.9. The van der Waals surface area contributed by atoms with E-state index in [1.165, 1.54) is 4.68 Å². The van der Waals surface area contributed by atoms with Gasteiger partial charge in [0.05, 0.1) is 10.6 Å². The van der Waals surface area contributed by atoms with Crippen molar-refractivity contribution < 1.29 is 18.0 Å². The number of fused-ring (bicyclic) bond motifs is 1. The molecule has 2 aromatic carbocycles. The molecule has 0 saturated heterocycles. The molecule has 0 fully saturated rings. The molecule has 9 heteroatoms. The van der Waals surface area contributed by atoms with Gasteiger partial charge in [-0.1, -0.05) is 44.5 Å². The van der Waals surface area contributed by atoms with Gasteiger partial charge in [-0.15, -0.1) is 0 Å². The first-order valence-electron chi connectivity index (χ1n) is 11.4. The summed E-state index contributed by atoms with van der Waals surface area (Å²) in [5.41, 5.74) is 3.97. The van der Waals surface area contributed by atoms with Crippen LogP contribution < -0.4 is 10.0 Å². The topological polar surface area (TPSA) is 110 Å². The maximum atomic E-state index is 13.3. The zero-order chi connectivity index (χ0) is 24.5. The SMILES string of the molecule is CCCc1nn2c(c1-c1ccc(C)c(S(=O)(=O)Nc3ccc(CC)cc3)c1)NC(=O)CCC2=O. The highest BCUT2D eigenvalue weighted by molar-refractivity contribution is 7.92. The molecule has 1 aromatic heterocycles. The molecule has 4 rings (SSSR count). The standard InChI is InChI=1S/C25H28N4O4S/c1-4-6-20-24(25-26-22(30)13-14-23(31)29(25)27-20)18-10-7-16(3)21(15-18)34(32,33)28-19-11-8-17(5-2)9-12-19/h7-12,15,28H,4-6,13-14H2,1-3H3,(H,26,30). The van der Waals surface area contributed by atoms with Gasteiger partial charge < -0.3 is 5.32 Å². The van der Waals surface area contributed by atoms with E-state index in [4.69, 9.17) is 0 Å². The smallest absolute Gasteiger partial charge is 0.262 e. The van der Waals surface area contributed by atoms with Gasteiger partial charge in [0.1, 0.15) is 5.82 Å². The van der Waals surface area contributed by atoms with E-state index in [9.17, 15) is 18.0 Å². The van der Waals surface area contributed by atoms with E-state index in [0.29, 0.717) is 40.3 Å². The average molecular weight is 481 g/mol. The van der Waals surface area contributed by atoms with E-state index < -0.39 is 10.0 Å². The van der Waals surface area contributed by atoms with Crippen molar-refractivity contribution in [3.05, 3.63) is 59.3 Å². The van der Waals surface area contributed by atoms with Crippen molar-refractivity contribution in [1.82, 2.24) is 9.78 Å². The van der Waals surface area contributed by atoms with Gasteiger partial charge in [-0.3, -0.25) is 14.3 Å². The molecule has 0 bridgehead atoms. The number of carbonyl (C=O) groups is 2. The molecule has 0 radical (unpaired) electrons. The minimum absolute atomic E-state index is 0.0692. The monoisotopic (exact) mass is 480 g/mol. The Kier molecular flexibility index (Phi) is 6.56. The Bertz CT molecular complexity index is 1360. The summed E-state index contributed by atoms with van der Waals surface area (Å²) in [6, 6.07) is 12.4. The number of aryl methyl sites for hydroxylation is 3. The van der Waals surface area contributed by atoms with E-state index in [1.807, 2.05) is 26.0 Å². The lowest BCUT2D eigenvalue weighted by molar-refractivity contribution is -0.116. The van der Waals surface area contributed by atoms with E-state index in [1.54, 1.807) is 37.3 Å². The summed E-state index contributed by atoms with van der Waals surface area (Å²) in [4.78, 5) is 25.0. The molecule has 3 aromatic rings. The third-order valence-electron chi connectivity index (χ3n) is 5.89. The van der Waals surface area contributed by atoms with Gasteiger partial charge in [0.15, 0.2) is 0 Å². The second kappa shape index (κ2) is 9.42. The summed E-state index contributed by atoms with van der Waals surface area (Å²) < 4.78 is 30.5. The molecule has 1 aliphatic heterocycles. The van der Waals surface area contributed by atoms with Gasteiger partial charge in [0.25, 0.3) is 10.0 Å². The van der Waals surface area contributed by atoms with Crippen LogP contribution in [0, 0.1) is 6.92 Å². The first kappa shape index (κ1) is 23.7. The second-order valence-corrected chi connectivity index (χ2v) is 10.1. The van der Waals surface area contributed by atoms with Crippen LogP contribution in [0.15, 0.2) is 47.4 Å². The highest BCUT2D eigenvalue weighted by Crippen LogP contribution is 2.36. The van der Waals surface area contributed by atoms with Crippen LogP contribution in [0.5, 0.6) is 0 Å². The maximum absolute atomic E-state index is 13.3. The lowest BCUT2D eigenvalue weighted by atomic mass is 10.0. The molecule has 34 heavy (non-hydrogen) atoms. The number of sulfonamides is 1. The Balaban J connectivity index is 1.80. The summed E-state index contributed by atoms with van der Waals surface area (Å²) in [5, 5.41) is 7.28. The third-order valence-corrected chi connectivity index (χ3v) is 7.41. The van der Waals surface area contributed by atoms with Crippen LogP contribution in [0.2, 0.25) is 0 Å². The zero-order valence-corrected chi connectivity index (χ0v) is 20.3. The van der Waals surface area contributed by atoms with Crippen LogP contribution in [0.25, 0.3) is 11.1 Å². The Morgan fingerprint density at radius 3 is 2.47 bits per heavy atom. The van der Waals surface area contributed by atoms with E-state index in [0.717, 1.165) is 18.4 Å². The molecule has 0 spiro atoms. The summed E-state index contributed by atoms with van der Waals surface area (Å²) >= 11 is 0. The Hall–Kier alpha value is -3.46. The van der Waals surface area contributed by atoms with Gasteiger partial charge in [-0.25, -0.2) is 8.42 Å². The number of hydrogen-bond donors (Lipinski definition) is 2. The van der Waals surface area contributed by atoms with Crippen molar-refractivity contribution in [2.45, 2.75) is 57.8 Å². The molecule has 0 aliphatic carbocycles. The molecule has 0 saturated carbocycles. The van der Waals surface area contributed by atoms with Crippen molar-refractivity contribution in [3.8, 4) is 11.1 Å². The van der Waals surface area contributed by atoms with Gasteiger partial charge >= 0.3 is 0 Å². The fourth-order valence-corrected chi connectivity index (χ4v) is 5.39. The van der Waals surface area contributed by atoms with Gasteiger partial charge in [-0.2, -0.15) is 9.78 Å². The number of hydrogen-bond acceptors (Lipinski definition) is 5. The minimum atomic E-state index is -3.88. The largest absolute Gasteiger partial charge is 0.310 e. The molecule has 0 unspecified atom stereocenters. The molecule has 8 nitrogen and oxygen atoms in total. The van der Waals surface area contributed by atoms with Crippen molar-refractivity contribution in [3.63, 3.8) is 0 Å². The fourth-order valence-electron chi connectivity index (χ4n) is 4.06. The van der Waals surface area contributed by atoms with Crippen LogP contribution in [0.4, 0.5) is 11.5 Å². The molecular formula is C25H28N4O4S. The lowest BCUT2D eigenvalue weighted by Crippen LogP contribution is -2.15. The zero-order valence-electron chi connectivity index (χ0n) is 19.5. The number of amides is 1. The highest BCUT2D eigenvalue weighted by Gasteiger charge is 2.28. The Morgan fingerprint density at radius 2 is 1.79 bits per heavy atom. The molecule has 178 valence electrons. The van der Waals surface area contributed by atoms with Crippen LogP contribution >= 0.6 is 0 Å². The number of nitrogens with zero attached hydrogens (tertiary/aromatic N) is 2. The Morgan fingerprint density at radius 1 is 1.06 bits per heavy atom. The van der Waals surface area contributed by atoms with Gasteiger partial charge in [0, 0.05) is 24.1 Å². The molecule has 1 amide bonds. The minimum Gasteiger partial charge on any atom is -0.310 e. The quantitative estimate of drug-likeness (QED) is 0.516. The fraction of sp³-hybridized carbons (Fsp3) is 0.320. The van der Waals surface area contributed by atoms with Crippen molar-refractivity contribution >= 4 is 33.3 Å². The lowest BCUT2D eigenvalue weighted by Gasteiger charge is -2.14. The summed E-state index contributed by atoms with van der Waals surface area (Å²) in [6.07, 6.45) is 2.37. The summed E-state index contributed by atoms with van der Waals surface area (Å²) in [6.45, 7) is 5.76. The number of carbonyl (C=O) groups excluding carboxylic acids is 2. The van der Waals surface area contributed by atoms with Crippen molar-refractivity contribution in [2.75, 3.05) is 10.0 Å². The van der Waals surface area contributed by atoms with Crippen LogP contribution in [-0.2, 0) is 27.7 Å². The van der Waals surface area contributed by atoms with E-state index in [2.05, 4.69) is 15.1 Å². The predicted molar refractivity (Wildman–Crippen MR) is 132 cm³/mol. The summed E-state index contributed by atoms with van der Waals surface area (Å²) in [5.74, 6) is -0.242. The Labute approximate surface area is 199 Å². The van der Waals surface area contributed by atoms with Gasteiger partial charge in [0.2, 0.25) is 11.8 Å². The molecule has 0 atom stereocenters.